The zero-order valence-corrected chi connectivity index (χ0v) is 27.2. The first-order valence-electron chi connectivity index (χ1n) is 14.6. The fourth-order valence-corrected chi connectivity index (χ4v) is 8.06. The molecule has 44 heavy (non-hydrogen) atoms. The number of pyridine rings is 1. The Balaban J connectivity index is 1.49. The number of likely N-dealkylation sites (tertiary alicyclic amines) is 1. The minimum atomic E-state index is -4.95. The summed E-state index contributed by atoms with van der Waals surface area (Å²) in [4.78, 5) is 6.57. The maximum absolute atomic E-state index is 16.0. The third kappa shape index (κ3) is 6.42. The number of ether oxygens (including phenoxy) is 1. The average Bonchev–Trinajstić information content (AvgIpc) is 3.53. The fraction of sp³-hybridized carbons (Fsp3) is 0.469. The summed E-state index contributed by atoms with van der Waals surface area (Å²) in [6, 6.07) is 9.82. The van der Waals surface area contributed by atoms with E-state index in [2.05, 4.69) is 23.7 Å². The van der Waals surface area contributed by atoms with Gasteiger partial charge in [0.05, 0.1) is 17.8 Å². The zero-order valence-electron chi connectivity index (χ0n) is 25.6. The Morgan fingerprint density at radius 2 is 1.77 bits per heavy atom. The number of rotatable bonds is 9. The number of sulfonamides is 1. The van der Waals surface area contributed by atoms with Gasteiger partial charge in [-0.25, -0.2) is 26.5 Å². The fourth-order valence-electron chi connectivity index (χ4n) is 6.21. The van der Waals surface area contributed by atoms with Crippen LogP contribution in [0.15, 0.2) is 47.4 Å². The second-order valence-electron chi connectivity index (χ2n) is 12.8. The molecular weight excluding hydrogens is 613 g/mol. The highest BCUT2D eigenvalue weighted by atomic mass is 35.5. The van der Waals surface area contributed by atoms with Gasteiger partial charge in [0.15, 0.2) is 10.7 Å². The maximum atomic E-state index is 16.0. The van der Waals surface area contributed by atoms with Crippen LogP contribution in [0.3, 0.4) is 0 Å². The molecule has 0 radical (unpaired) electrons. The molecule has 238 valence electrons. The molecule has 0 bridgehead atoms. The first-order chi connectivity index (χ1) is 20.6. The lowest BCUT2D eigenvalue weighted by atomic mass is 9.93. The Hall–Kier alpha value is -2.86. The number of aryl methyl sites for hydroxylation is 2. The Bertz CT molecular complexity index is 1670. The summed E-state index contributed by atoms with van der Waals surface area (Å²) in [5, 5.41) is -0.516. The molecule has 0 spiro atoms. The summed E-state index contributed by atoms with van der Waals surface area (Å²) in [7, 11) is -3.32. The van der Waals surface area contributed by atoms with Gasteiger partial charge in [-0.1, -0.05) is 49.7 Å². The van der Waals surface area contributed by atoms with Crippen molar-refractivity contribution < 1.29 is 26.3 Å². The second-order valence-corrected chi connectivity index (χ2v) is 14.9. The molecule has 0 aliphatic carbocycles. The summed E-state index contributed by atoms with van der Waals surface area (Å²) in [6.45, 7) is 11.1. The van der Waals surface area contributed by atoms with E-state index < -0.39 is 43.1 Å². The minimum Gasteiger partial charge on any atom is -0.375 e. The van der Waals surface area contributed by atoms with Gasteiger partial charge >= 0.3 is 0 Å². The summed E-state index contributed by atoms with van der Waals surface area (Å²) in [5.74, 6) is -3.99. The van der Waals surface area contributed by atoms with Crippen molar-refractivity contribution in [3.8, 4) is 0 Å². The van der Waals surface area contributed by atoms with Crippen molar-refractivity contribution in [2.45, 2.75) is 57.6 Å². The van der Waals surface area contributed by atoms with Crippen LogP contribution in [0.1, 0.15) is 43.4 Å². The quantitative estimate of drug-likeness (QED) is 0.195. The van der Waals surface area contributed by atoms with Gasteiger partial charge in [0, 0.05) is 39.4 Å². The molecule has 2 aliphatic heterocycles. The molecule has 0 amide bonds. The van der Waals surface area contributed by atoms with E-state index in [-0.39, 0.29) is 23.5 Å². The summed E-state index contributed by atoms with van der Waals surface area (Å²) in [5.41, 5.74) is 2.08. The first-order valence-corrected chi connectivity index (χ1v) is 16.4. The SMILES string of the molecule is COC1(CN2CCC(C)(C)C2)CCN(c2cc(F)c(S(=O)(=O)N(Cc3ccc(C)c(C)c3)c3cccc(F)n3)c(F)c2Cl)C1. The summed E-state index contributed by atoms with van der Waals surface area (Å²) >= 11 is 6.48. The number of hydrogen-bond acceptors (Lipinski definition) is 6. The lowest BCUT2D eigenvalue weighted by Gasteiger charge is -2.33. The lowest BCUT2D eigenvalue weighted by molar-refractivity contribution is -0.0166. The van der Waals surface area contributed by atoms with Gasteiger partial charge in [-0.2, -0.15) is 4.39 Å². The van der Waals surface area contributed by atoms with E-state index in [1.165, 1.54) is 12.1 Å². The third-order valence-electron chi connectivity index (χ3n) is 8.86. The van der Waals surface area contributed by atoms with E-state index in [0.717, 1.165) is 42.8 Å². The molecule has 1 aromatic heterocycles. The number of nitrogens with zero attached hydrogens (tertiary/aromatic N) is 4. The van der Waals surface area contributed by atoms with E-state index >= 15 is 8.78 Å². The molecular formula is C32H38ClF3N4O3S. The van der Waals surface area contributed by atoms with Crippen LogP contribution in [0.2, 0.25) is 5.02 Å². The average molecular weight is 651 g/mol. The smallest absolute Gasteiger partial charge is 0.271 e. The predicted molar refractivity (Wildman–Crippen MR) is 166 cm³/mol. The van der Waals surface area contributed by atoms with Crippen LogP contribution in [0.4, 0.5) is 24.7 Å². The molecule has 1 atom stereocenters. The number of hydrogen-bond donors (Lipinski definition) is 0. The van der Waals surface area contributed by atoms with Crippen LogP contribution >= 0.6 is 11.6 Å². The van der Waals surface area contributed by atoms with E-state index in [1.54, 1.807) is 24.1 Å². The first kappa shape index (κ1) is 32.5. The molecule has 12 heteroatoms. The van der Waals surface area contributed by atoms with Gasteiger partial charge in [0.1, 0.15) is 16.7 Å². The summed E-state index contributed by atoms with van der Waals surface area (Å²) in [6.07, 6.45) is 1.68. The molecule has 3 heterocycles. The monoisotopic (exact) mass is 650 g/mol. The van der Waals surface area contributed by atoms with Crippen molar-refractivity contribution in [2.75, 3.05) is 49.0 Å². The van der Waals surface area contributed by atoms with E-state index in [4.69, 9.17) is 16.3 Å². The molecule has 2 aliphatic rings. The molecule has 1 unspecified atom stereocenters. The Kier molecular flexibility index (Phi) is 8.98. The standard InChI is InChI=1S/C32H38ClF3N4O3S/c1-21-9-10-23(15-22(21)2)17-40(27-8-6-7-26(35)37-27)44(41,42)30-24(34)16-25(28(33)29(30)36)39-14-12-32(20-39,43-5)19-38-13-11-31(3,4)18-38/h6-10,15-16H,11-14,17-20H2,1-5H3. The van der Waals surface area contributed by atoms with Gasteiger partial charge in [0.2, 0.25) is 5.95 Å². The van der Waals surface area contributed by atoms with Crippen LogP contribution < -0.4 is 9.21 Å². The van der Waals surface area contributed by atoms with Crippen LogP contribution in [-0.4, -0.2) is 63.7 Å². The highest BCUT2D eigenvalue weighted by Gasteiger charge is 2.44. The number of benzene rings is 2. The Labute approximate surface area is 262 Å². The van der Waals surface area contributed by atoms with Gasteiger partial charge < -0.3 is 9.64 Å². The molecule has 0 saturated carbocycles. The largest absolute Gasteiger partial charge is 0.375 e. The van der Waals surface area contributed by atoms with Crippen molar-refractivity contribution >= 4 is 33.1 Å². The maximum Gasteiger partial charge on any atom is 0.271 e. The topological polar surface area (TPSA) is 66.0 Å². The van der Waals surface area contributed by atoms with Crippen LogP contribution in [0.25, 0.3) is 0 Å². The van der Waals surface area contributed by atoms with Gasteiger partial charge in [-0.3, -0.25) is 4.90 Å². The van der Waals surface area contributed by atoms with E-state index in [1.807, 2.05) is 19.9 Å². The normalized spacial score (nSPS) is 20.4. The highest BCUT2D eigenvalue weighted by Crippen LogP contribution is 2.41. The van der Waals surface area contributed by atoms with Gasteiger partial charge in [-0.15, -0.1) is 0 Å². The van der Waals surface area contributed by atoms with Crippen molar-refractivity contribution in [3.05, 3.63) is 81.8 Å². The van der Waals surface area contributed by atoms with E-state index in [9.17, 15) is 12.8 Å². The molecule has 5 rings (SSSR count). The van der Waals surface area contributed by atoms with Gasteiger partial charge in [-0.05, 0) is 67.5 Å². The minimum absolute atomic E-state index is 0.0471. The lowest BCUT2D eigenvalue weighted by Crippen LogP contribution is -2.46. The molecule has 2 saturated heterocycles. The summed E-state index contributed by atoms with van der Waals surface area (Å²) < 4.78 is 80.7. The van der Waals surface area contributed by atoms with Crippen molar-refractivity contribution in [3.63, 3.8) is 0 Å². The number of anilines is 2. The molecule has 2 fully saturated rings. The predicted octanol–water partition coefficient (Wildman–Crippen LogP) is 6.49. The zero-order chi connectivity index (χ0) is 32.0. The Morgan fingerprint density at radius 3 is 2.41 bits per heavy atom. The molecule has 3 aromatic rings. The van der Waals surface area contributed by atoms with Crippen molar-refractivity contribution in [2.24, 2.45) is 5.41 Å². The van der Waals surface area contributed by atoms with Crippen LogP contribution in [0.5, 0.6) is 0 Å². The second kappa shape index (κ2) is 12.2. The van der Waals surface area contributed by atoms with Gasteiger partial charge in [0.25, 0.3) is 10.0 Å². The molecule has 7 nitrogen and oxygen atoms in total. The van der Waals surface area contributed by atoms with Crippen LogP contribution in [0, 0.1) is 36.8 Å². The number of methoxy groups -OCH3 is 1. The van der Waals surface area contributed by atoms with E-state index in [0.29, 0.717) is 35.9 Å². The number of aromatic nitrogens is 1. The van der Waals surface area contributed by atoms with Crippen molar-refractivity contribution in [1.29, 1.82) is 0 Å². The third-order valence-corrected chi connectivity index (χ3v) is 11.0. The van der Waals surface area contributed by atoms with Crippen molar-refractivity contribution in [1.82, 2.24) is 9.88 Å². The highest BCUT2D eigenvalue weighted by molar-refractivity contribution is 7.92. The Morgan fingerprint density at radius 1 is 1.02 bits per heavy atom. The molecule has 0 N–H and O–H groups in total. The van der Waals surface area contributed by atoms with Crippen LogP contribution in [-0.2, 0) is 21.3 Å². The number of halogens is 4. The molecule has 2 aromatic carbocycles.